The topological polar surface area (TPSA) is 367 Å². The molecular weight excluding hydrogens is 1020 g/mol. The van der Waals surface area contributed by atoms with Crippen LogP contribution < -0.4 is 37.6 Å². The number of carbonyl (C=O) groups excluding carboxylic acids is 8. The SMILES string of the molecule is C=C(O)CCCCCCCCCCCCCCCCC(=O)N[C@@H](CCC(=O)NCCOCCOCC(=O)NCCOCCOCC(=O)N[C@@H](CCC(=O)N[C@@H](CCC(=O)NCCCC[C@H](N)C(C)=O)C(=O)O)C(=O)O)C(C)=O. The number of rotatable bonds is 54. The van der Waals surface area contributed by atoms with Crippen LogP contribution >= 0.6 is 0 Å². The fourth-order valence-electron chi connectivity index (χ4n) is 7.67. The van der Waals surface area contributed by atoms with Gasteiger partial charge in [0.1, 0.15) is 31.1 Å². The van der Waals surface area contributed by atoms with E-state index in [1.165, 1.54) is 65.2 Å². The van der Waals surface area contributed by atoms with Crippen LogP contribution in [-0.4, -0.2) is 171 Å². The highest BCUT2D eigenvalue weighted by molar-refractivity contribution is 5.88. The lowest BCUT2D eigenvalue weighted by molar-refractivity contribution is -0.144. The van der Waals surface area contributed by atoms with Crippen molar-refractivity contribution < 1.29 is 82.2 Å². The van der Waals surface area contributed by atoms with Crippen LogP contribution in [0.3, 0.4) is 0 Å². The van der Waals surface area contributed by atoms with Crippen molar-refractivity contribution in [2.24, 2.45) is 5.73 Å². The number of nitrogens with two attached hydrogens (primary N) is 1. The number of hydrogen-bond acceptors (Lipinski definition) is 16. The molecule has 0 spiro atoms. The molecule has 6 amide bonds. The first kappa shape index (κ1) is 72.4. The molecule has 0 aliphatic rings. The Morgan fingerprint density at radius 2 is 0.756 bits per heavy atom. The Labute approximate surface area is 460 Å². The predicted molar refractivity (Wildman–Crippen MR) is 290 cm³/mol. The Morgan fingerprint density at radius 1 is 0.385 bits per heavy atom. The average Bonchev–Trinajstić information content (AvgIpc) is 3.38. The van der Waals surface area contributed by atoms with Crippen molar-refractivity contribution in [1.29, 1.82) is 0 Å². The minimum Gasteiger partial charge on any atom is -0.513 e. The summed E-state index contributed by atoms with van der Waals surface area (Å²) in [7, 11) is 0. The van der Waals surface area contributed by atoms with Gasteiger partial charge in [0.05, 0.1) is 57.5 Å². The molecule has 0 saturated heterocycles. The molecule has 4 atom stereocenters. The third-order valence-electron chi connectivity index (χ3n) is 12.3. The summed E-state index contributed by atoms with van der Waals surface area (Å²) in [5.41, 5.74) is 5.67. The van der Waals surface area contributed by atoms with Crippen LogP contribution in [0.1, 0.15) is 174 Å². The summed E-state index contributed by atoms with van der Waals surface area (Å²) in [6, 6.07) is -4.16. The van der Waals surface area contributed by atoms with Crippen molar-refractivity contribution in [3.63, 3.8) is 0 Å². The fourth-order valence-corrected chi connectivity index (χ4v) is 7.67. The molecule has 0 heterocycles. The van der Waals surface area contributed by atoms with Gasteiger partial charge in [0.25, 0.3) is 0 Å². The Kier molecular flexibility index (Phi) is 45.1. The standard InChI is InChI=1S/C54H95N7O17/c1-40(62)20-16-14-12-10-8-6-4-5-7-9-11-13-15-17-22-49(67)59-44(42(3)64)23-26-48(66)57-30-32-75-34-36-77-38-51(69)58-31-33-76-35-37-78-39-52(70)61-46(54(73)74)25-28-50(68)60-45(53(71)72)24-27-47(65)56-29-19-18-21-43(55)41(2)63/h43-46,62H,1,4-39,55H2,2-3H3,(H,56,65)(H,57,66)(H,58,69)(H,59,67)(H,60,68)(H,61,70)(H,71,72)(H,73,74)/t43-,44-,45-,46-/m0/s1. The number of carboxylic acids is 2. The lowest BCUT2D eigenvalue weighted by Gasteiger charge is -2.17. The van der Waals surface area contributed by atoms with E-state index in [9.17, 15) is 58.2 Å². The third kappa shape index (κ3) is 45.5. The van der Waals surface area contributed by atoms with Gasteiger partial charge in [-0.25, -0.2) is 9.59 Å². The van der Waals surface area contributed by atoms with E-state index in [0.29, 0.717) is 38.6 Å². The van der Waals surface area contributed by atoms with Crippen LogP contribution in [0.15, 0.2) is 12.3 Å². The summed E-state index contributed by atoms with van der Waals surface area (Å²) >= 11 is 0. The monoisotopic (exact) mass is 1110 g/mol. The van der Waals surface area contributed by atoms with E-state index in [1.54, 1.807) is 0 Å². The summed E-state index contributed by atoms with van der Waals surface area (Å²) in [4.78, 5) is 120. The maximum absolute atomic E-state index is 12.5. The number of carbonyl (C=O) groups is 10. The Hall–Kier alpha value is -5.56. The number of unbranched alkanes of at least 4 members (excludes halogenated alkanes) is 14. The van der Waals surface area contributed by atoms with Crippen LogP contribution in [0, 0.1) is 0 Å². The molecule has 448 valence electrons. The van der Waals surface area contributed by atoms with Gasteiger partial charge >= 0.3 is 11.9 Å². The number of hydrogen-bond donors (Lipinski definition) is 10. The Bertz CT molecular complexity index is 1770. The molecule has 0 saturated carbocycles. The molecule has 0 bridgehead atoms. The zero-order valence-corrected chi connectivity index (χ0v) is 46.6. The normalized spacial score (nSPS) is 12.6. The van der Waals surface area contributed by atoms with Gasteiger partial charge in [-0.05, 0) is 65.2 Å². The van der Waals surface area contributed by atoms with Crippen LogP contribution in [0.4, 0.5) is 0 Å². The molecule has 11 N–H and O–H groups in total. The first-order valence-corrected chi connectivity index (χ1v) is 27.9. The van der Waals surface area contributed by atoms with Crippen LogP contribution in [0.5, 0.6) is 0 Å². The molecule has 24 heteroatoms. The maximum atomic E-state index is 12.5. The van der Waals surface area contributed by atoms with Crippen molar-refractivity contribution in [3.05, 3.63) is 12.3 Å². The highest BCUT2D eigenvalue weighted by atomic mass is 16.5. The second-order valence-electron chi connectivity index (χ2n) is 19.4. The van der Waals surface area contributed by atoms with E-state index in [4.69, 9.17) is 29.8 Å². The number of nitrogens with one attached hydrogen (secondary N) is 6. The summed E-state index contributed by atoms with van der Waals surface area (Å²) in [6.45, 7) is 6.90. The summed E-state index contributed by atoms with van der Waals surface area (Å²) in [5.74, 6) is -5.71. The number of aliphatic carboxylic acids is 2. The number of aliphatic hydroxyl groups excluding tert-OH is 1. The number of ketones is 2. The van der Waals surface area contributed by atoms with Gasteiger partial charge in [-0.1, -0.05) is 83.6 Å². The van der Waals surface area contributed by atoms with E-state index < -0.39 is 72.8 Å². The molecule has 0 aliphatic heterocycles. The van der Waals surface area contributed by atoms with Gasteiger partial charge in [0.15, 0.2) is 5.78 Å². The first-order valence-electron chi connectivity index (χ1n) is 27.9. The predicted octanol–water partition coefficient (Wildman–Crippen LogP) is 3.35. The molecule has 0 fully saturated rings. The number of amides is 6. The van der Waals surface area contributed by atoms with Gasteiger partial charge in [0.2, 0.25) is 35.4 Å². The third-order valence-corrected chi connectivity index (χ3v) is 12.3. The lowest BCUT2D eigenvalue weighted by Crippen LogP contribution is -2.45. The number of carboxylic acid groups (broad SMARTS) is 2. The van der Waals surface area contributed by atoms with Gasteiger partial charge in [-0.3, -0.25) is 38.4 Å². The van der Waals surface area contributed by atoms with E-state index in [2.05, 4.69) is 38.5 Å². The van der Waals surface area contributed by atoms with Crippen molar-refractivity contribution in [2.75, 3.05) is 72.5 Å². The zero-order chi connectivity index (χ0) is 58.2. The molecule has 0 unspecified atom stereocenters. The van der Waals surface area contributed by atoms with Gasteiger partial charge in [0, 0.05) is 51.7 Å². The molecule has 0 rings (SSSR count). The van der Waals surface area contributed by atoms with Crippen molar-refractivity contribution in [1.82, 2.24) is 31.9 Å². The fraction of sp³-hybridized carbons (Fsp3) is 0.778. The molecule has 0 aromatic rings. The highest BCUT2D eigenvalue weighted by Crippen LogP contribution is 2.15. The van der Waals surface area contributed by atoms with E-state index >= 15 is 0 Å². The maximum Gasteiger partial charge on any atom is 0.326 e. The molecule has 0 aromatic carbocycles. The molecule has 0 radical (unpaired) electrons. The van der Waals surface area contributed by atoms with Crippen LogP contribution in [-0.2, 0) is 66.9 Å². The van der Waals surface area contributed by atoms with Crippen molar-refractivity contribution in [3.8, 4) is 0 Å². The number of Topliss-reactive ketones (excluding diaryl/α,β-unsaturated/α-hetero) is 2. The lowest BCUT2D eigenvalue weighted by atomic mass is 10.0. The van der Waals surface area contributed by atoms with Gasteiger partial charge in [-0.15, -0.1) is 0 Å². The van der Waals surface area contributed by atoms with E-state index in [0.717, 1.165) is 38.5 Å². The zero-order valence-electron chi connectivity index (χ0n) is 46.6. The second kappa shape index (κ2) is 48.6. The largest absolute Gasteiger partial charge is 0.513 e. The molecule has 0 aromatic heterocycles. The highest BCUT2D eigenvalue weighted by Gasteiger charge is 2.25. The minimum absolute atomic E-state index is 0.0331. The van der Waals surface area contributed by atoms with Crippen molar-refractivity contribution in [2.45, 2.75) is 199 Å². The van der Waals surface area contributed by atoms with Crippen molar-refractivity contribution >= 4 is 58.9 Å². The average molecular weight is 1110 g/mol. The Morgan fingerprint density at radius 3 is 1.22 bits per heavy atom. The van der Waals surface area contributed by atoms with E-state index in [-0.39, 0.29) is 121 Å². The summed E-state index contributed by atoms with van der Waals surface area (Å²) < 4.78 is 21.3. The molecule has 24 nitrogen and oxygen atoms in total. The van der Waals surface area contributed by atoms with Crippen LogP contribution in [0.2, 0.25) is 0 Å². The number of aliphatic hydroxyl groups is 1. The summed E-state index contributed by atoms with van der Waals surface area (Å²) in [5, 5.41) is 43.4. The molecular formula is C54H95N7O17. The molecule has 78 heavy (non-hydrogen) atoms. The number of ether oxygens (including phenoxy) is 4. The quantitative estimate of drug-likeness (QED) is 0.0308. The van der Waals surface area contributed by atoms with Gasteiger partial charge in [-0.2, -0.15) is 0 Å². The van der Waals surface area contributed by atoms with Crippen LogP contribution in [0.25, 0.3) is 0 Å². The number of allylic oxidation sites excluding steroid dienone is 1. The first-order chi connectivity index (χ1) is 37.3. The summed E-state index contributed by atoms with van der Waals surface area (Å²) in [6.07, 6.45) is 17.9. The Balaban J connectivity index is 3.95. The van der Waals surface area contributed by atoms with E-state index in [1.807, 2.05) is 0 Å². The smallest absolute Gasteiger partial charge is 0.326 e. The molecule has 0 aliphatic carbocycles. The second-order valence-corrected chi connectivity index (χ2v) is 19.4. The minimum atomic E-state index is -1.47. The van der Waals surface area contributed by atoms with Gasteiger partial charge < -0.3 is 71.9 Å².